The van der Waals surface area contributed by atoms with Crippen molar-refractivity contribution in [3.8, 4) is 22.9 Å². The highest BCUT2D eigenvalue weighted by molar-refractivity contribution is 5.85. The van der Waals surface area contributed by atoms with Gasteiger partial charge in [0.25, 0.3) is 0 Å². The Kier molecular flexibility index (Phi) is 3.97. The summed E-state index contributed by atoms with van der Waals surface area (Å²) in [4.78, 5) is 0. The van der Waals surface area contributed by atoms with E-state index in [1.807, 2.05) is 6.07 Å². The molecule has 0 aliphatic carbocycles. The zero-order chi connectivity index (χ0) is 11.5. The van der Waals surface area contributed by atoms with Crippen LogP contribution in [0.25, 0.3) is 11.1 Å². The van der Waals surface area contributed by atoms with Crippen molar-refractivity contribution in [2.45, 2.75) is 0 Å². The van der Waals surface area contributed by atoms with Crippen LogP contribution in [0.15, 0.2) is 42.5 Å². The van der Waals surface area contributed by atoms with Gasteiger partial charge in [0.05, 0.1) is 11.6 Å². The lowest BCUT2D eigenvalue weighted by molar-refractivity contribution is 0.477. The number of rotatable bonds is 1. The summed E-state index contributed by atoms with van der Waals surface area (Å²) in [7, 11) is 0. The quantitative estimate of drug-likeness (QED) is 0.600. The molecule has 17 heavy (non-hydrogen) atoms. The number of nitrogen functional groups attached to an aromatic ring is 1. The number of nitrogens with zero attached hydrogens (tertiary/aromatic N) is 1. The van der Waals surface area contributed by atoms with Gasteiger partial charge in [-0.25, -0.2) is 0 Å². The monoisotopic (exact) mass is 246 g/mol. The van der Waals surface area contributed by atoms with Gasteiger partial charge in [0.15, 0.2) is 0 Å². The van der Waals surface area contributed by atoms with Crippen molar-refractivity contribution in [3.05, 3.63) is 48.0 Å². The number of nitriles is 1. The Bertz CT molecular complexity index is 576. The maximum atomic E-state index is 9.71. The van der Waals surface area contributed by atoms with Gasteiger partial charge in [-0.2, -0.15) is 5.26 Å². The molecule has 0 aliphatic rings. The number of hydrogen-bond donors (Lipinski definition) is 2. The SMILES string of the molecule is Cl.N#Cc1cccc(-c2cc(N)ccc2O)c1. The first-order valence-electron chi connectivity index (χ1n) is 4.80. The lowest BCUT2D eigenvalue weighted by atomic mass is 10.0. The van der Waals surface area contributed by atoms with Crippen LogP contribution in [0.3, 0.4) is 0 Å². The van der Waals surface area contributed by atoms with E-state index in [-0.39, 0.29) is 18.2 Å². The molecule has 0 unspecified atom stereocenters. The summed E-state index contributed by atoms with van der Waals surface area (Å²) in [6.07, 6.45) is 0. The van der Waals surface area contributed by atoms with Crippen LogP contribution in [0.2, 0.25) is 0 Å². The summed E-state index contributed by atoms with van der Waals surface area (Å²) in [5.41, 5.74) is 8.21. The molecule has 0 saturated heterocycles. The molecule has 0 fully saturated rings. The van der Waals surface area contributed by atoms with E-state index in [4.69, 9.17) is 11.0 Å². The largest absolute Gasteiger partial charge is 0.507 e. The van der Waals surface area contributed by atoms with E-state index in [2.05, 4.69) is 6.07 Å². The molecule has 0 amide bonds. The van der Waals surface area contributed by atoms with Crippen molar-refractivity contribution >= 4 is 18.1 Å². The first-order chi connectivity index (χ1) is 7.70. The second kappa shape index (κ2) is 5.24. The summed E-state index contributed by atoms with van der Waals surface area (Å²) >= 11 is 0. The number of phenols is 1. The number of phenolic OH excluding ortho intramolecular Hbond substituents is 1. The molecule has 0 aliphatic heterocycles. The fourth-order valence-corrected chi connectivity index (χ4v) is 1.54. The molecule has 0 saturated carbocycles. The van der Waals surface area contributed by atoms with E-state index in [0.29, 0.717) is 16.8 Å². The third-order valence-electron chi connectivity index (χ3n) is 2.32. The van der Waals surface area contributed by atoms with E-state index in [0.717, 1.165) is 5.56 Å². The molecule has 0 atom stereocenters. The highest BCUT2D eigenvalue weighted by Gasteiger charge is 2.05. The van der Waals surface area contributed by atoms with Crippen LogP contribution in [-0.4, -0.2) is 5.11 Å². The van der Waals surface area contributed by atoms with Crippen LogP contribution in [0.1, 0.15) is 5.56 Å². The van der Waals surface area contributed by atoms with Gasteiger partial charge in [0.2, 0.25) is 0 Å². The third-order valence-corrected chi connectivity index (χ3v) is 2.32. The van der Waals surface area contributed by atoms with Gasteiger partial charge in [-0.05, 0) is 35.9 Å². The van der Waals surface area contributed by atoms with Crippen molar-refractivity contribution < 1.29 is 5.11 Å². The smallest absolute Gasteiger partial charge is 0.123 e. The van der Waals surface area contributed by atoms with Crippen LogP contribution in [0.5, 0.6) is 5.75 Å². The number of benzene rings is 2. The summed E-state index contributed by atoms with van der Waals surface area (Å²) < 4.78 is 0. The van der Waals surface area contributed by atoms with Gasteiger partial charge in [0, 0.05) is 11.3 Å². The Labute approximate surface area is 106 Å². The Hall–Kier alpha value is -2.18. The predicted octanol–water partition coefficient (Wildman–Crippen LogP) is 2.93. The van der Waals surface area contributed by atoms with Gasteiger partial charge in [-0.15, -0.1) is 12.4 Å². The average molecular weight is 247 g/mol. The van der Waals surface area contributed by atoms with Crippen LogP contribution in [-0.2, 0) is 0 Å². The van der Waals surface area contributed by atoms with E-state index >= 15 is 0 Å². The second-order valence-corrected chi connectivity index (χ2v) is 3.47. The molecule has 0 heterocycles. The first-order valence-corrected chi connectivity index (χ1v) is 4.80. The topological polar surface area (TPSA) is 70.0 Å². The zero-order valence-electron chi connectivity index (χ0n) is 8.92. The van der Waals surface area contributed by atoms with Gasteiger partial charge in [-0.1, -0.05) is 12.1 Å². The van der Waals surface area contributed by atoms with Crippen molar-refractivity contribution in [2.75, 3.05) is 5.73 Å². The van der Waals surface area contributed by atoms with E-state index < -0.39 is 0 Å². The molecule has 0 spiro atoms. The Balaban J connectivity index is 0.00000144. The maximum absolute atomic E-state index is 9.71. The molecular weight excluding hydrogens is 236 g/mol. The number of halogens is 1. The minimum absolute atomic E-state index is 0. The molecule has 86 valence electrons. The van der Waals surface area contributed by atoms with E-state index in [1.54, 1.807) is 36.4 Å². The molecule has 2 rings (SSSR count). The van der Waals surface area contributed by atoms with Gasteiger partial charge >= 0.3 is 0 Å². The predicted molar refractivity (Wildman–Crippen MR) is 69.9 cm³/mol. The summed E-state index contributed by atoms with van der Waals surface area (Å²) in [6.45, 7) is 0. The molecule has 3 nitrogen and oxygen atoms in total. The van der Waals surface area contributed by atoms with Crippen molar-refractivity contribution in [1.82, 2.24) is 0 Å². The molecular formula is C13H11ClN2O. The summed E-state index contributed by atoms with van der Waals surface area (Å²) in [5.74, 6) is 0.157. The Morgan fingerprint density at radius 2 is 1.88 bits per heavy atom. The van der Waals surface area contributed by atoms with Crippen LogP contribution in [0, 0.1) is 11.3 Å². The fourth-order valence-electron chi connectivity index (χ4n) is 1.54. The fraction of sp³-hybridized carbons (Fsp3) is 0. The molecule has 0 aromatic heterocycles. The summed E-state index contributed by atoms with van der Waals surface area (Å²) in [6, 6.07) is 14.0. The zero-order valence-corrected chi connectivity index (χ0v) is 9.74. The lowest BCUT2D eigenvalue weighted by Gasteiger charge is -2.06. The number of anilines is 1. The van der Waals surface area contributed by atoms with Crippen LogP contribution in [0.4, 0.5) is 5.69 Å². The highest BCUT2D eigenvalue weighted by atomic mass is 35.5. The Morgan fingerprint density at radius 1 is 1.12 bits per heavy atom. The van der Waals surface area contributed by atoms with Crippen LogP contribution >= 0.6 is 12.4 Å². The van der Waals surface area contributed by atoms with Crippen LogP contribution < -0.4 is 5.73 Å². The molecule has 2 aromatic rings. The average Bonchev–Trinajstić information content (AvgIpc) is 2.32. The van der Waals surface area contributed by atoms with Gasteiger partial charge in [-0.3, -0.25) is 0 Å². The lowest BCUT2D eigenvalue weighted by Crippen LogP contribution is -1.86. The number of hydrogen-bond acceptors (Lipinski definition) is 3. The van der Waals surface area contributed by atoms with Crippen molar-refractivity contribution in [1.29, 1.82) is 5.26 Å². The standard InChI is InChI=1S/C13H10N2O.ClH/c14-8-9-2-1-3-10(6-9)12-7-11(15)4-5-13(12)16;/h1-7,16H,15H2;1H. The van der Waals surface area contributed by atoms with Crippen molar-refractivity contribution in [2.24, 2.45) is 0 Å². The summed E-state index contributed by atoms with van der Waals surface area (Å²) in [5, 5.41) is 18.5. The first kappa shape index (κ1) is 12.9. The number of aromatic hydroxyl groups is 1. The van der Waals surface area contributed by atoms with E-state index in [9.17, 15) is 5.11 Å². The van der Waals surface area contributed by atoms with E-state index in [1.165, 1.54) is 0 Å². The minimum Gasteiger partial charge on any atom is -0.507 e. The number of nitrogens with two attached hydrogens (primary N) is 1. The van der Waals surface area contributed by atoms with Gasteiger partial charge < -0.3 is 10.8 Å². The van der Waals surface area contributed by atoms with Crippen molar-refractivity contribution in [3.63, 3.8) is 0 Å². The molecule has 0 radical (unpaired) electrons. The Morgan fingerprint density at radius 3 is 2.59 bits per heavy atom. The normalized spacial score (nSPS) is 9.12. The molecule has 3 N–H and O–H groups in total. The minimum atomic E-state index is 0. The maximum Gasteiger partial charge on any atom is 0.123 e. The highest BCUT2D eigenvalue weighted by Crippen LogP contribution is 2.31. The molecule has 4 heteroatoms. The molecule has 0 bridgehead atoms. The van der Waals surface area contributed by atoms with Gasteiger partial charge in [0.1, 0.15) is 5.75 Å². The molecule has 2 aromatic carbocycles. The second-order valence-electron chi connectivity index (χ2n) is 3.47. The third kappa shape index (κ3) is 2.68.